The molecule has 1 aromatic rings. The lowest BCUT2D eigenvalue weighted by Crippen LogP contribution is -2.38. The summed E-state index contributed by atoms with van der Waals surface area (Å²) < 4.78 is -0.484. The van der Waals surface area contributed by atoms with Crippen molar-refractivity contribution < 1.29 is 5.11 Å². The summed E-state index contributed by atoms with van der Waals surface area (Å²) in [6, 6.07) is 6.39. The highest BCUT2D eigenvalue weighted by molar-refractivity contribution is 5.51. The Bertz CT molecular complexity index is 420. The molecule has 0 saturated heterocycles. The molecule has 1 heterocycles. The van der Waals surface area contributed by atoms with Crippen molar-refractivity contribution in [3.8, 4) is 5.75 Å². The monoisotopic (exact) mass is 203 g/mol. The average Bonchev–Trinajstić information content (AvgIpc) is 2.18. The standard InChI is InChI=1S/C12H13NO2/c1-10-3-2-8-13(15,9-10)11-4-6-12(14)7-5-11/h2-7,9,14H,8H2,1H3/t13-/m1/s1. The van der Waals surface area contributed by atoms with E-state index in [4.69, 9.17) is 5.11 Å². The number of phenolic OH excluding ortho intramolecular Hbond substituents is 1. The molecule has 3 heteroatoms. The molecule has 0 unspecified atom stereocenters. The fraction of sp³-hybridized carbons (Fsp3) is 0.167. The van der Waals surface area contributed by atoms with Crippen LogP contribution in [-0.2, 0) is 0 Å². The Balaban J connectivity index is 2.38. The minimum atomic E-state index is -0.484. The number of allylic oxidation sites excluding steroid dienone is 2. The summed E-state index contributed by atoms with van der Waals surface area (Å²) in [6.07, 6.45) is 5.48. The maximum absolute atomic E-state index is 12.4. The molecule has 78 valence electrons. The van der Waals surface area contributed by atoms with Gasteiger partial charge in [0.05, 0.1) is 0 Å². The number of hydroxylamine groups is 2. The lowest BCUT2D eigenvalue weighted by atomic mass is 10.2. The van der Waals surface area contributed by atoms with Crippen molar-refractivity contribution in [2.24, 2.45) is 0 Å². The van der Waals surface area contributed by atoms with Crippen LogP contribution in [0.25, 0.3) is 0 Å². The SMILES string of the molecule is CC1=C[N@@+]([O-])(c2ccc(O)cc2)CC=C1. The third-order valence-electron chi connectivity index (χ3n) is 2.46. The molecular weight excluding hydrogens is 190 g/mol. The first-order chi connectivity index (χ1) is 7.10. The Kier molecular flexibility index (Phi) is 2.34. The molecule has 0 fully saturated rings. The van der Waals surface area contributed by atoms with Gasteiger partial charge in [-0.3, -0.25) is 4.65 Å². The predicted molar refractivity (Wildman–Crippen MR) is 61.0 cm³/mol. The van der Waals surface area contributed by atoms with Crippen molar-refractivity contribution in [3.05, 3.63) is 53.4 Å². The third-order valence-corrected chi connectivity index (χ3v) is 2.46. The molecule has 15 heavy (non-hydrogen) atoms. The fourth-order valence-electron chi connectivity index (χ4n) is 1.70. The van der Waals surface area contributed by atoms with Gasteiger partial charge >= 0.3 is 0 Å². The smallest absolute Gasteiger partial charge is 0.137 e. The van der Waals surface area contributed by atoms with Crippen LogP contribution in [0, 0.1) is 5.21 Å². The molecule has 2 rings (SSSR count). The van der Waals surface area contributed by atoms with Crippen LogP contribution in [0.5, 0.6) is 5.75 Å². The molecule has 1 atom stereocenters. The van der Waals surface area contributed by atoms with E-state index in [0.29, 0.717) is 12.2 Å². The van der Waals surface area contributed by atoms with E-state index in [1.165, 1.54) is 12.1 Å². The summed E-state index contributed by atoms with van der Waals surface area (Å²) in [5.74, 6) is 0.179. The van der Waals surface area contributed by atoms with Crippen molar-refractivity contribution in [3.63, 3.8) is 0 Å². The number of nitrogens with zero attached hydrogens (tertiary/aromatic N) is 1. The highest BCUT2D eigenvalue weighted by Gasteiger charge is 2.19. The van der Waals surface area contributed by atoms with Crippen molar-refractivity contribution in [1.82, 2.24) is 4.65 Å². The number of aromatic hydroxyl groups is 1. The quantitative estimate of drug-likeness (QED) is 0.563. The van der Waals surface area contributed by atoms with Crippen LogP contribution in [0.1, 0.15) is 6.92 Å². The fourth-order valence-corrected chi connectivity index (χ4v) is 1.70. The Labute approximate surface area is 88.7 Å². The van der Waals surface area contributed by atoms with Crippen LogP contribution < -0.4 is 4.65 Å². The maximum atomic E-state index is 12.4. The first-order valence-corrected chi connectivity index (χ1v) is 4.84. The summed E-state index contributed by atoms with van der Waals surface area (Å²) in [5.41, 5.74) is 1.60. The normalized spacial score (nSPS) is 25.1. The number of phenols is 1. The van der Waals surface area contributed by atoms with Crippen LogP contribution in [-0.4, -0.2) is 11.7 Å². The largest absolute Gasteiger partial charge is 0.622 e. The van der Waals surface area contributed by atoms with E-state index in [1.54, 1.807) is 18.3 Å². The van der Waals surface area contributed by atoms with Gasteiger partial charge in [0.2, 0.25) is 0 Å². The van der Waals surface area contributed by atoms with Crippen molar-refractivity contribution in [2.45, 2.75) is 6.92 Å². The number of benzene rings is 1. The molecule has 0 spiro atoms. The summed E-state index contributed by atoms with van der Waals surface area (Å²) in [7, 11) is 0. The van der Waals surface area contributed by atoms with Crippen molar-refractivity contribution in [2.75, 3.05) is 6.54 Å². The lowest BCUT2D eigenvalue weighted by Gasteiger charge is -2.39. The Hall–Kier alpha value is -1.58. The van der Waals surface area contributed by atoms with Gasteiger partial charge < -0.3 is 10.3 Å². The predicted octanol–water partition coefficient (Wildman–Crippen LogP) is 2.67. The summed E-state index contributed by atoms with van der Waals surface area (Å²) in [6.45, 7) is 2.31. The van der Waals surface area contributed by atoms with Gasteiger partial charge in [0.15, 0.2) is 0 Å². The molecule has 1 aliphatic rings. The van der Waals surface area contributed by atoms with E-state index in [1.807, 2.05) is 19.1 Å². The second kappa shape index (κ2) is 3.53. The van der Waals surface area contributed by atoms with Gasteiger partial charge in [0.1, 0.15) is 24.2 Å². The van der Waals surface area contributed by atoms with Crippen LogP contribution >= 0.6 is 0 Å². The van der Waals surface area contributed by atoms with Gasteiger partial charge in [-0.15, -0.1) is 0 Å². The molecule has 1 aliphatic heterocycles. The maximum Gasteiger partial charge on any atom is 0.137 e. The van der Waals surface area contributed by atoms with Gasteiger partial charge in [-0.1, -0.05) is 6.08 Å². The number of rotatable bonds is 1. The molecular formula is C12H13NO2. The number of hydrogen-bond donors (Lipinski definition) is 1. The van der Waals surface area contributed by atoms with Gasteiger partial charge in [-0.2, -0.15) is 0 Å². The zero-order chi connectivity index (χ0) is 10.9. The molecule has 0 aliphatic carbocycles. The van der Waals surface area contributed by atoms with Gasteiger partial charge in [0.25, 0.3) is 0 Å². The topological polar surface area (TPSA) is 43.3 Å². The van der Waals surface area contributed by atoms with E-state index >= 15 is 0 Å². The van der Waals surface area contributed by atoms with E-state index < -0.39 is 4.65 Å². The van der Waals surface area contributed by atoms with Crippen LogP contribution in [0.2, 0.25) is 0 Å². The number of quaternary nitrogens is 1. The minimum Gasteiger partial charge on any atom is -0.622 e. The Morgan fingerprint density at radius 2 is 1.93 bits per heavy atom. The highest BCUT2D eigenvalue weighted by Crippen LogP contribution is 2.27. The highest BCUT2D eigenvalue weighted by atomic mass is 16.5. The first kappa shape index (κ1) is 9.96. The van der Waals surface area contributed by atoms with Crippen LogP contribution in [0.4, 0.5) is 5.69 Å². The van der Waals surface area contributed by atoms with Gasteiger partial charge in [-0.05, 0) is 25.1 Å². The van der Waals surface area contributed by atoms with Crippen molar-refractivity contribution in [1.29, 1.82) is 0 Å². The van der Waals surface area contributed by atoms with E-state index in [2.05, 4.69) is 0 Å². The van der Waals surface area contributed by atoms with E-state index in [0.717, 1.165) is 5.57 Å². The van der Waals surface area contributed by atoms with E-state index in [-0.39, 0.29) is 5.75 Å². The molecule has 1 N–H and O–H groups in total. The molecule has 0 radical (unpaired) electrons. The summed E-state index contributed by atoms with van der Waals surface area (Å²) >= 11 is 0. The molecule has 0 aromatic heterocycles. The Morgan fingerprint density at radius 3 is 2.53 bits per heavy atom. The zero-order valence-electron chi connectivity index (χ0n) is 8.55. The van der Waals surface area contributed by atoms with Gasteiger partial charge in [-0.25, -0.2) is 0 Å². The average molecular weight is 203 g/mol. The minimum absolute atomic E-state index is 0.179. The lowest BCUT2D eigenvalue weighted by molar-refractivity contribution is 0.473. The third kappa shape index (κ3) is 1.93. The summed E-state index contributed by atoms with van der Waals surface area (Å²) in [4.78, 5) is 0. The van der Waals surface area contributed by atoms with Crippen molar-refractivity contribution >= 4 is 5.69 Å². The summed E-state index contributed by atoms with van der Waals surface area (Å²) in [5, 5.41) is 21.5. The van der Waals surface area contributed by atoms with Gasteiger partial charge in [0, 0.05) is 17.7 Å². The Morgan fingerprint density at radius 1 is 1.27 bits per heavy atom. The first-order valence-electron chi connectivity index (χ1n) is 4.84. The van der Waals surface area contributed by atoms with Crippen LogP contribution in [0.15, 0.2) is 48.2 Å². The molecule has 0 saturated carbocycles. The second-order valence-electron chi connectivity index (χ2n) is 3.77. The second-order valence-corrected chi connectivity index (χ2v) is 3.77. The molecule has 1 aromatic carbocycles. The molecule has 3 nitrogen and oxygen atoms in total. The molecule has 0 bridgehead atoms. The zero-order valence-corrected chi connectivity index (χ0v) is 8.55. The molecule has 0 amide bonds. The number of hydrogen-bond acceptors (Lipinski definition) is 2. The van der Waals surface area contributed by atoms with Crippen LogP contribution in [0.3, 0.4) is 0 Å². The van der Waals surface area contributed by atoms with E-state index in [9.17, 15) is 5.21 Å².